The predicted molar refractivity (Wildman–Crippen MR) is 76.5 cm³/mol. The Morgan fingerprint density at radius 1 is 1.48 bits per heavy atom. The second-order valence-electron chi connectivity index (χ2n) is 5.67. The van der Waals surface area contributed by atoms with Gasteiger partial charge in [0.25, 0.3) is 0 Å². The van der Waals surface area contributed by atoms with Crippen molar-refractivity contribution >= 4 is 17.4 Å². The molecule has 2 aromatic rings. The number of imidazole rings is 1. The summed E-state index contributed by atoms with van der Waals surface area (Å²) in [6.07, 6.45) is 5.33. The molecule has 110 valence electrons. The van der Waals surface area contributed by atoms with E-state index in [4.69, 9.17) is 4.74 Å². The van der Waals surface area contributed by atoms with E-state index in [1.54, 1.807) is 0 Å². The highest BCUT2D eigenvalue weighted by Gasteiger charge is 2.32. The third kappa shape index (κ3) is 2.96. The van der Waals surface area contributed by atoms with E-state index in [-0.39, 0.29) is 30.2 Å². The Hall–Kier alpha value is -2.17. The van der Waals surface area contributed by atoms with Crippen molar-refractivity contribution in [3.8, 4) is 0 Å². The van der Waals surface area contributed by atoms with E-state index < -0.39 is 0 Å². The highest BCUT2D eigenvalue weighted by atomic mass is 16.5. The number of ketones is 1. The fraction of sp³-hybridized carbons (Fsp3) is 0.438. The maximum atomic E-state index is 12.1. The van der Waals surface area contributed by atoms with Gasteiger partial charge in [0.1, 0.15) is 18.0 Å². The molecule has 1 aliphatic rings. The van der Waals surface area contributed by atoms with E-state index in [2.05, 4.69) is 4.98 Å². The number of aromatic nitrogens is 2. The van der Waals surface area contributed by atoms with Crippen LogP contribution < -0.4 is 0 Å². The number of ether oxygens (including phenoxy) is 1. The molecule has 1 saturated carbocycles. The predicted octanol–water partition coefficient (Wildman–Crippen LogP) is 2.38. The minimum Gasteiger partial charge on any atom is -0.459 e. The van der Waals surface area contributed by atoms with Crippen LogP contribution in [0.2, 0.25) is 0 Å². The summed E-state index contributed by atoms with van der Waals surface area (Å²) in [7, 11) is 0. The highest BCUT2D eigenvalue weighted by Crippen LogP contribution is 2.28. The average molecular weight is 286 g/mol. The minimum absolute atomic E-state index is 0.0693. The summed E-state index contributed by atoms with van der Waals surface area (Å²) in [6.45, 7) is 2.12. The van der Waals surface area contributed by atoms with Gasteiger partial charge in [-0.15, -0.1) is 0 Å². The van der Waals surface area contributed by atoms with Crippen LogP contribution in [0.4, 0.5) is 0 Å². The van der Waals surface area contributed by atoms with E-state index in [9.17, 15) is 9.59 Å². The summed E-state index contributed by atoms with van der Waals surface area (Å²) in [6, 6.07) is 5.74. The van der Waals surface area contributed by atoms with Gasteiger partial charge in [0, 0.05) is 25.2 Å². The molecule has 0 amide bonds. The van der Waals surface area contributed by atoms with Crippen LogP contribution in [-0.4, -0.2) is 21.1 Å². The van der Waals surface area contributed by atoms with Crippen molar-refractivity contribution in [2.24, 2.45) is 11.8 Å². The van der Waals surface area contributed by atoms with Gasteiger partial charge in [-0.2, -0.15) is 0 Å². The van der Waals surface area contributed by atoms with Gasteiger partial charge in [-0.25, -0.2) is 4.98 Å². The van der Waals surface area contributed by atoms with E-state index in [0.717, 1.165) is 11.3 Å². The number of rotatable bonds is 3. The standard InChI is InChI=1S/C16H18N2O3/c1-11-8-13(19)5-6-14(11)16(20)21-10-12-9-18-7-3-2-4-15(18)17-12/h2-4,7,9,11,14H,5-6,8,10H2,1H3/t11-,14-/m1/s1. The van der Waals surface area contributed by atoms with E-state index in [0.29, 0.717) is 19.3 Å². The average Bonchev–Trinajstić information content (AvgIpc) is 2.87. The number of nitrogens with zero attached hydrogens (tertiary/aromatic N) is 2. The Labute approximate surface area is 122 Å². The molecule has 2 atom stereocenters. The SMILES string of the molecule is C[C@@H]1CC(=O)CC[C@H]1C(=O)OCc1cn2ccccc2n1. The third-order valence-corrected chi connectivity index (χ3v) is 4.05. The van der Waals surface area contributed by atoms with Crippen LogP contribution in [0, 0.1) is 11.8 Å². The lowest BCUT2D eigenvalue weighted by Gasteiger charge is -2.25. The molecule has 1 fully saturated rings. The normalized spacial score (nSPS) is 22.4. The number of carbonyl (C=O) groups excluding carboxylic acids is 2. The number of Topliss-reactive ketones (excluding diaryl/α,β-unsaturated/α-hetero) is 1. The van der Waals surface area contributed by atoms with Gasteiger partial charge in [0.2, 0.25) is 0 Å². The number of pyridine rings is 1. The molecule has 0 aliphatic heterocycles. The number of hydrogen-bond donors (Lipinski definition) is 0. The molecule has 2 heterocycles. The van der Waals surface area contributed by atoms with Crippen molar-refractivity contribution in [1.29, 1.82) is 0 Å². The fourth-order valence-electron chi connectivity index (χ4n) is 2.86. The first kappa shape index (κ1) is 13.8. The maximum Gasteiger partial charge on any atom is 0.309 e. The van der Waals surface area contributed by atoms with Crippen molar-refractivity contribution < 1.29 is 14.3 Å². The number of hydrogen-bond acceptors (Lipinski definition) is 4. The van der Waals surface area contributed by atoms with Gasteiger partial charge in [0.15, 0.2) is 0 Å². The summed E-state index contributed by atoms with van der Waals surface area (Å²) >= 11 is 0. The van der Waals surface area contributed by atoms with Gasteiger partial charge in [-0.1, -0.05) is 13.0 Å². The van der Waals surface area contributed by atoms with Crippen molar-refractivity contribution in [2.75, 3.05) is 0 Å². The molecule has 21 heavy (non-hydrogen) atoms. The van der Waals surface area contributed by atoms with Crippen LogP contribution in [0.15, 0.2) is 30.6 Å². The molecule has 5 nitrogen and oxygen atoms in total. The Morgan fingerprint density at radius 3 is 3.10 bits per heavy atom. The molecule has 0 spiro atoms. The number of esters is 1. The second kappa shape index (κ2) is 5.68. The Balaban J connectivity index is 1.61. The molecule has 0 unspecified atom stereocenters. The zero-order valence-electron chi connectivity index (χ0n) is 12.0. The summed E-state index contributed by atoms with van der Waals surface area (Å²) in [5.74, 6) is -0.0708. The molecule has 5 heteroatoms. The zero-order valence-corrected chi connectivity index (χ0v) is 12.0. The van der Waals surface area contributed by atoms with Crippen LogP contribution in [0.3, 0.4) is 0 Å². The molecule has 1 aliphatic carbocycles. The van der Waals surface area contributed by atoms with Crippen molar-refractivity contribution in [1.82, 2.24) is 9.38 Å². The Kier molecular flexibility index (Phi) is 3.73. The van der Waals surface area contributed by atoms with Crippen LogP contribution >= 0.6 is 0 Å². The van der Waals surface area contributed by atoms with Gasteiger partial charge in [-0.3, -0.25) is 9.59 Å². The van der Waals surface area contributed by atoms with Crippen molar-refractivity contribution in [3.05, 3.63) is 36.3 Å². The van der Waals surface area contributed by atoms with Gasteiger partial charge < -0.3 is 9.14 Å². The largest absolute Gasteiger partial charge is 0.459 e. The maximum absolute atomic E-state index is 12.1. The number of fused-ring (bicyclic) bond motifs is 1. The highest BCUT2D eigenvalue weighted by molar-refractivity contribution is 5.83. The molecule has 0 aromatic carbocycles. The zero-order chi connectivity index (χ0) is 14.8. The smallest absolute Gasteiger partial charge is 0.309 e. The summed E-state index contributed by atoms with van der Waals surface area (Å²) in [5.41, 5.74) is 1.56. The minimum atomic E-state index is -0.216. The first-order valence-electron chi connectivity index (χ1n) is 7.24. The topological polar surface area (TPSA) is 60.7 Å². The van der Waals surface area contributed by atoms with Gasteiger partial charge in [-0.05, 0) is 24.5 Å². The van der Waals surface area contributed by atoms with Crippen LogP contribution in [-0.2, 0) is 20.9 Å². The van der Waals surface area contributed by atoms with Crippen LogP contribution in [0.1, 0.15) is 31.9 Å². The quantitative estimate of drug-likeness (QED) is 0.813. The fourth-order valence-corrected chi connectivity index (χ4v) is 2.86. The van der Waals surface area contributed by atoms with E-state index >= 15 is 0 Å². The molecule has 3 rings (SSSR count). The molecule has 0 bridgehead atoms. The Bertz CT molecular complexity index is 644. The molecule has 0 saturated heterocycles. The van der Waals surface area contributed by atoms with E-state index in [1.165, 1.54) is 0 Å². The second-order valence-corrected chi connectivity index (χ2v) is 5.67. The monoisotopic (exact) mass is 286 g/mol. The van der Waals surface area contributed by atoms with Crippen molar-refractivity contribution in [3.63, 3.8) is 0 Å². The molecular weight excluding hydrogens is 268 g/mol. The van der Waals surface area contributed by atoms with Crippen LogP contribution in [0.25, 0.3) is 5.65 Å². The lowest BCUT2D eigenvalue weighted by molar-refractivity contribution is -0.153. The Morgan fingerprint density at radius 2 is 2.33 bits per heavy atom. The third-order valence-electron chi connectivity index (χ3n) is 4.05. The lowest BCUT2D eigenvalue weighted by atomic mass is 9.80. The molecule has 2 aromatic heterocycles. The summed E-state index contributed by atoms with van der Waals surface area (Å²) in [4.78, 5) is 27.9. The van der Waals surface area contributed by atoms with Gasteiger partial charge in [0.05, 0.1) is 11.6 Å². The molecule has 0 radical (unpaired) electrons. The first-order valence-corrected chi connectivity index (χ1v) is 7.24. The van der Waals surface area contributed by atoms with Gasteiger partial charge >= 0.3 is 5.97 Å². The lowest BCUT2D eigenvalue weighted by Crippen LogP contribution is -2.30. The first-order chi connectivity index (χ1) is 10.1. The number of carbonyl (C=O) groups is 2. The summed E-state index contributed by atoms with van der Waals surface area (Å²) < 4.78 is 7.27. The molecule has 0 N–H and O–H groups in total. The van der Waals surface area contributed by atoms with Crippen LogP contribution in [0.5, 0.6) is 0 Å². The van der Waals surface area contributed by atoms with Crippen molar-refractivity contribution in [2.45, 2.75) is 32.8 Å². The van der Waals surface area contributed by atoms with E-state index in [1.807, 2.05) is 41.9 Å². The molecular formula is C16H18N2O3. The summed E-state index contributed by atoms with van der Waals surface area (Å²) in [5, 5.41) is 0.